The van der Waals surface area contributed by atoms with Crippen LogP contribution in [0.25, 0.3) is 17.0 Å². The van der Waals surface area contributed by atoms with Crippen LogP contribution in [0.1, 0.15) is 48.9 Å². The first-order valence-corrected chi connectivity index (χ1v) is 11.5. The Balaban J connectivity index is 1.59. The third-order valence-electron chi connectivity index (χ3n) is 6.20. The Kier molecular flexibility index (Phi) is 5.54. The molecule has 2 aromatic carbocycles. The summed E-state index contributed by atoms with van der Waals surface area (Å²) in [5.41, 5.74) is 6.33. The predicted octanol–water partition coefficient (Wildman–Crippen LogP) is 5.15. The summed E-state index contributed by atoms with van der Waals surface area (Å²) in [5, 5.41) is 8.49. The van der Waals surface area contributed by atoms with Crippen molar-refractivity contribution in [2.45, 2.75) is 40.2 Å². The minimum absolute atomic E-state index is 0.185. The van der Waals surface area contributed by atoms with Crippen LogP contribution in [0.5, 0.6) is 11.5 Å². The monoisotopic (exact) mass is 462 g/mol. The van der Waals surface area contributed by atoms with Gasteiger partial charge in [0.2, 0.25) is 12.6 Å². The fraction of sp³-hybridized carbons (Fsp3) is 0.320. The van der Waals surface area contributed by atoms with Crippen LogP contribution in [0, 0.1) is 13.8 Å². The van der Waals surface area contributed by atoms with E-state index in [1.54, 1.807) is 0 Å². The van der Waals surface area contributed by atoms with E-state index in [4.69, 9.17) is 31.2 Å². The van der Waals surface area contributed by atoms with Crippen molar-refractivity contribution in [3.05, 3.63) is 64.7 Å². The molecular weight excluding hydrogens is 436 g/mol. The van der Waals surface area contributed by atoms with Crippen LogP contribution in [-0.4, -0.2) is 33.5 Å². The van der Waals surface area contributed by atoms with Gasteiger partial charge in [0.25, 0.3) is 5.89 Å². The van der Waals surface area contributed by atoms with Crippen LogP contribution in [0.15, 0.2) is 46.6 Å². The highest BCUT2D eigenvalue weighted by molar-refractivity contribution is 7.80. The average molecular weight is 463 g/mol. The van der Waals surface area contributed by atoms with Crippen LogP contribution in [-0.2, 0) is 0 Å². The Morgan fingerprint density at radius 3 is 2.67 bits per heavy atom. The second-order valence-corrected chi connectivity index (χ2v) is 8.75. The molecule has 1 atom stereocenters. The number of fused-ring (bicyclic) bond motifs is 1. The van der Waals surface area contributed by atoms with Crippen molar-refractivity contribution in [1.82, 2.24) is 20.4 Å². The molecule has 170 valence electrons. The van der Waals surface area contributed by atoms with Crippen LogP contribution >= 0.6 is 12.2 Å². The van der Waals surface area contributed by atoms with Crippen molar-refractivity contribution in [3.63, 3.8) is 0 Å². The molecule has 2 aliphatic heterocycles. The van der Waals surface area contributed by atoms with E-state index in [1.165, 1.54) is 11.1 Å². The Labute approximate surface area is 198 Å². The molecule has 0 radical (unpaired) electrons. The lowest BCUT2D eigenvalue weighted by Crippen LogP contribution is -2.46. The Hall–Kier alpha value is -3.39. The molecule has 0 saturated heterocycles. The smallest absolute Gasteiger partial charge is 0.258 e. The molecule has 5 rings (SSSR count). The fourth-order valence-electron chi connectivity index (χ4n) is 4.23. The van der Waals surface area contributed by atoms with Gasteiger partial charge in [0.05, 0.1) is 11.6 Å². The maximum atomic E-state index is 5.81. The first-order chi connectivity index (χ1) is 16.0. The van der Waals surface area contributed by atoms with E-state index in [0.29, 0.717) is 22.6 Å². The standard InChI is InChI=1S/C25H26N4O3S/c1-5-10-29-16(4)21(22(26-25(29)33)17-7-6-14(2)15(3)11-17)24-27-23(28-32-24)18-8-9-19-20(12-18)31-13-30-19/h6-9,11-12,22H,5,10,13H2,1-4H3,(H,26,33). The Morgan fingerprint density at radius 1 is 1.06 bits per heavy atom. The van der Waals surface area contributed by atoms with Gasteiger partial charge >= 0.3 is 0 Å². The van der Waals surface area contributed by atoms with Crippen molar-refractivity contribution >= 4 is 22.9 Å². The minimum atomic E-state index is -0.185. The van der Waals surface area contributed by atoms with Crippen molar-refractivity contribution in [3.8, 4) is 22.9 Å². The second-order valence-electron chi connectivity index (χ2n) is 8.37. The van der Waals surface area contributed by atoms with Gasteiger partial charge < -0.3 is 24.2 Å². The zero-order valence-corrected chi connectivity index (χ0v) is 20.0. The maximum Gasteiger partial charge on any atom is 0.258 e. The number of hydrogen-bond donors (Lipinski definition) is 1. The summed E-state index contributed by atoms with van der Waals surface area (Å²) >= 11 is 5.72. The molecule has 0 amide bonds. The van der Waals surface area contributed by atoms with Crippen molar-refractivity contribution in [2.24, 2.45) is 0 Å². The summed E-state index contributed by atoms with van der Waals surface area (Å²) in [6.45, 7) is 9.46. The van der Waals surface area contributed by atoms with Gasteiger partial charge in [-0.3, -0.25) is 0 Å². The summed E-state index contributed by atoms with van der Waals surface area (Å²) in [5.74, 6) is 2.37. The SMILES string of the molecule is CCCN1C(=S)NC(c2ccc(C)c(C)c2)C(c2nc(-c3ccc4c(c3)OCO4)no2)=C1C. The highest BCUT2D eigenvalue weighted by Crippen LogP contribution is 2.39. The number of ether oxygens (including phenoxy) is 2. The second kappa shape index (κ2) is 8.51. The first kappa shape index (κ1) is 21.5. The highest BCUT2D eigenvalue weighted by Gasteiger charge is 2.34. The lowest BCUT2D eigenvalue weighted by Gasteiger charge is -2.37. The topological polar surface area (TPSA) is 72.7 Å². The van der Waals surface area contributed by atoms with Gasteiger partial charge in [-0.15, -0.1) is 0 Å². The number of benzene rings is 2. The normalized spacial score (nSPS) is 17.5. The van der Waals surface area contributed by atoms with E-state index in [2.05, 4.69) is 61.3 Å². The molecule has 1 N–H and O–H groups in total. The molecule has 3 heterocycles. The van der Waals surface area contributed by atoms with Crippen LogP contribution in [0.3, 0.4) is 0 Å². The van der Waals surface area contributed by atoms with Gasteiger partial charge in [-0.2, -0.15) is 4.98 Å². The zero-order valence-electron chi connectivity index (χ0n) is 19.1. The van der Waals surface area contributed by atoms with E-state index in [0.717, 1.165) is 41.1 Å². The number of allylic oxidation sites excluding steroid dienone is 1. The number of thiocarbonyl (C=S) groups is 1. The largest absolute Gasteiger partial charge is 0.454 e. The molecule has 2 aliphatic rings. The first-order valence-electron chi connectivity index (χ1n) is 11.1. The van der Waals surface area contributed by atoms with E-state index in [-0.39, 0.29) is 12.8 Å². The Morgan fingerprint density at radius 2 is 1.88 bits per heavy atom. The molecule has 7 nitrogen and oxygen atoms in total. The average Bonchev–Trinajstić information content (AvgIpc) is 3.47. The van der Waals surface area contributed by atoms with Crippen molar-refractivity contribution in [1.29, 1.82) is 0 Å². The summed E-state index contributed by atoms with van der Waals surface area (Å²) in [6, 6.07) is 11.9. The number of nitrogens with one attached hydrogen (secondary N) is 1. The third-order valence-corrected chi connectivity index (χ3v) is 6.53. The number of rotatable bonds is 5. The molecule has 8 heteroatoms. The maximum absolute atomic E-state index is 5.81. The van der Waals surface area contributed by atoms with E-state index < -0.39 is 0 Å². The summed E-state index contributed by atoms with van der Waals surface area (Å²) in [7, 11) is 0. The molecule has 33 heavy (non-hydrogen) atoms. The molecule has 0 saturated carbocycles. The minimum Gasteiger partial charge on any atom is -0.454 e. The predicted molar refractivity (Wildman–Crippen MR) is 130 cm³/mol. The van der Waals surface area contributed by atoms with Crippen molar-refractivity contribution in [2.75, 3.05) is 13.3 Å². The van der Waals surface area contributed by atoms with Gasteiger partial charge in [0.1, 0.15) is 0 Å². The Bertz CT molecular complexity index is 1270. The van der Waals surface area contributed by atoms with E-state index >= 15 is 0 Å². The molecule has 1 aromatic heterocycles. The van der Waals surface area contributed by atoms with Crippen molar-refractivity contribution < 1.29 is 14.0 Å². The van der Waals surface area contributed by atoms with E-state index in [1.807, 2.05) is 18.2 Å². The lowest BCUT2D eigenvalue weighted by atomic mass is 9.92. The third kappa shape index (κ3) is 3.84. The number of nitrogens with zero attached hydrogens (tertiary/aromatic N) is 3. The quantitative estimate of drug-likeness (QED) is 0.522. The van der Waals surface area contributed by atoms with Crippen LogP contribution < -0.4 is 14.8 Å². The van der Waals surface area contributed by atoms with Crippen LogP contribution in [0.4, 0.5) is 0 Å². The van der Waals surface area contributed by atoms with Gasteiger partial charge in [0.15, 0.2) is 16.6 Å². The van der Waals surface area contributed by atoms with Gasteiger partial charge in [-0.25, -0.2) is 0 Å². The molecule has 0 aliphatic carbocycles. The fourth-order valence-corrected chi connectivity index (χ4v) is 4.58. The van der Waals surface area contributed by atoms with E-state index in [9.17, 15) is 0 Å². The molecular formula is C25H26N4O3S. The summed E-state index contributed by atoms with van der Waals surface area (Å²) in [6.07, 6.45) is 0.965. The summed E-state index contributed by atoms with van der Waals surface area (Å²) < 4.78 is 16.7. The van der Waals surface area contributed by atoms with Gasteiger partial charge in [-0.05, 0) is 74.3 Å². The number of aromatic nitrogens is 2. The molecule has 0 spiro atoms. The highest BCUT2D eigenvalue weighted by atomic mass is 32.1. The van der Waals surface area contributed by atoms with Gasteiger partial charge in [0, 0.05) is 17.8 Å². The lowest BCUT2D eigenvalue weighted by molar-refractivity contribution is 0.174. The van der Waals surface area contributed by atoms with Gasteiger partial charge in [-0.1, -0.05) is 30.3 Å². The number of aryl methyl sites for hydroxylation is 2. The molecule has 3 aromatic rings. The number of hydrogen-bond acceptors (Lipinski definition) is 6. The summed E-state index contributed by atoms with van der Waals surface area (Å²) in [4.78, 5) is 6.88. The molecule has 0 fully saturated rings. The van der Waals surface area contributed by atoms with Crippen LogP contribution in [0.2, 0.25) is 0 Å². The molecule has 1 unspecified atom stereocenters. The zero-order chi connectivity index (χ0) is 23.1. The molecule has 0 bridgehead atoms.